The summed E-state index contributed by atoms with van der Waals surface area (Å²) in [5, 5.41) is 14.5. The Bertz CT molecular complexity index is 161. The number of carbonyl (C=O) groups excluding carboxylic acids is 1. The molecule has 0 amide bonds. The summed E-state index contributed by atoms with van der Waals surface area (Å²) in [4.78, 5) is 10.2. The number of nitrogens with zero attached hydrogens (tertiary/aromatic N) is 1. The van der Waals surface area contributed by atoms with Crippen molar-refractivity contribution in [2.24, 2.45) is 0 Å². The number of nitriles is 1. The van der Waals surface area contributed by atoms with Crippen molar-refractivity contribution in [3.63, 3.8) is 0 Å². The summed E-state index contributed by atoms with van der Waals surface area (Å²) in [7, 11) is -1.53. The lowest BCUT2D eigenvalue weighted by Crippen LogP contribution is -2.16. The van der Waals surface area contributed by atoms with Crippen molar-refractivity contribution in [1.82, 2.24) is 0 Å². The molecule has 4 heteroatoms. The average Bonchev–Trinajstić information content (AvgIpc) is 1.69. The minimum Gasteiger partial charge on any atom is -0.292 e. The zero-order chi connectivity index (χ0) is 6.57. The third-order valence-electron chi connectivity index (χ3n) is 0.527. The molecule has 0 saturated heterocycles. The summed E-state index contributed by atoms with van der Waals surface area (Å²) in [6, 6.07) is 0. The van der Waals surface area contributed by atoms with Gasteiger partial charge in [0.1, 0.15) is 5.81 Å². The number of rotatable bonds is 1. The highest BCUT2D eigenvalue weighted by atomic mass is 31.1. The maximum atomic E-state index is 10.2. The molecule has 0 aromatic carbocycles. The van der Waals surface area contributed by atoms with Crippen LogP contribution < -0.4 is 5.26 Å². The molecule has 0 fully saturated rings. The Morgan fingerprint density at radius 1 is 1.88 bits per heavy atom. The summed E-state index contributed by atoms with van der Waals surface area (Å²) in [6.07, 6.45) is 0. The van der Waals surface area contributed by atoms with Crippen LogP contribution in [0.15, 0.2) is 0 Å². The molecule has 0 heterocycles. The van der Waals surface area contributed by atoms with Crippen molar-refractivity contribution in [3.05, 3.63) is 0 Å². The van der Waals surface area contributed by atoms with Gasteiger partial charge in [-0.15, -0.1) is 0 Å². The van der Waals surface area contributed by atoms with Crippen molar-refractivity contribution in [3.8, 4) is 11.6 Å². The van der Waals surface area contributed by atoms with Crippen LogP contribution in [0.1, 0.15) is 6.92 Å². The van der Waals surface area contributed by atoms with Crippen LogP contribution in [0.3, 0.4) is 0 Å². The molecule has 1 atom stereocenters. The zero-order valence-electron chi connectivity index (χ0n) is 4.30. The van der Waals surface area contributed by atoms with Gasteiger partial charge in [-0.25, -0.2) is 0 Å². The molecular weight excluding hydrogens is 123 g/mol. The Balaban J connectivity index is 4.02. The highest BCUT2D eigenvalue weighted by molar-refractivity contribution is 7.83. The highest BCUT2D eigenvalue weighted by Crippen LogP contribution is 2.30. The van der Waals surface area contributed by atoms with Gasteiger partial charge in [-0.2, -0.15) is 5.26 Å². The van der Waals surface area contributed by atoms with Gasteiger partial charge in [-0.1, -0.05) is 5.26 Å². The Morgan fingerprint density at radius 2 is 2.38 bits per heavy atom. The van der Waals surface area contributed by atoms with Crippen molar-refractivity contribution in [2.75, 3.05) is 0 Å². The molecule has 1 N–H and O–H groups in total. The van der Waals surface area contributed by atoms with Gasteiger partial charge in [0.05, 0.1) is 0 Å². The van der Waals surface area contributed by atoms with Crippen LogP contribution in [0.5, 0.6) is 0 Å². The lowest BCUT2D eigenvalue weighted by Gasteiger charge is -1.79. The number of nitrogens with one attached hydrogen (secondary N) is 1. The van der Waals surface area contributed by atoms with Gasteiger partial charge >= 0.3 is 5.81 Å². The molecular formula is C4H4N2OP+. The van der Waals surface area contributed by atoms with Crippen molar-refractivity contribution in [2.45, 2.75) is 6.92 Å². The van der Waals surface area contributed by atoms with Crippen LogP contribution in [0.4, 0.5) is 0 Å². The van der Waals surface area contributed by atoms with E-state index in [0.717, 1.165) is 0 Å². The molecule has 0 bridgehead atoms. The summed E-state index contributed by atoms with van der Waals surface area (Å²) in [5.41, 5.74) is -0.266. The summed E-state index contributed by atoms with van der Waals surface area (Å²) >= 11 is 0. The first-order chi connectivity index (χ1) is 3.72. The molecule has 1 unspecified atom stereocenters. The molecule has 0 aliphatic carbocycles. The van der Waals surface area contributed by atoms with Crippen molar-refractivity contribution in [1.29, 1.82) is 5.26 Å². The van der Waals surface area contributed by atoms with E-state index < -0.39 is 7.92 Å². The van der Waals surface area contributed by atoms with Gasteiger partial charge in [0, 0.05) is 6.92 Å². The molecule has 0 spiro atoms. The average molecular weight is 127 g/mol. The van der Waals surface area contributed by atoms with Crippen molar-refractivity contribution >= 4 is 13.4 Å². The second kappa shape index (κ2) is 3.13. The van der Waals surface area contributed by atoms with E-state index in [1.807, 2.05) is 5.81 Å². The van der Waals surface area contributed by atoms with Crippen LogP contribution in [0, 0.1) is 16.9 Å². The standard InChI is InChI=1S/C4H3N2OP/c1-4(7)8(2-5)3-6/h1H3/p+1. The molecule has 3 nitrogen and oxygen atoms in total. The summed E-state index contributed by atoms with van der Waals surface area (Å²) in [6.45, 7) is 1.29. The molecule has 0 aliphatic heterocycles. The Hall–Kier alpha value is -0.920. The second-order valence-corrected chi connectivity index (χ2v) is 2.79. The van der Waals surface area contributed by atoms with E-state index in [2.05, 4.69) is 0 Å². The summed E-state index contributed by atoms with van der Waals surface area (Å²) < 4.78 is 0. The van der Waals surface area contributed by atoms with E-state index >= 15 is 0 Å². The van der Waals surface area contributed by atoms with Crippen LogP contribution >= 0.6 is 7.92 Å². The second-order valence-electron chi connectivity index (χ2n) is 1.07. The SMILES string of the molecule is CC(=O)P(C#N)C#[NH+]. The third-order valence-corrected chi connectivity index (χ3v) is 1.58. The lowest BCUT2D eigenvalue weighted by atomic mass is 10.9. The lowest BCUT2D eigenvalue weighted by molar-refractivity contribution is -0.109. The topological polar surface area (TPSA) is 64.7 Å². The van der Waals surface area contributed by atoms with Crippen LogP contribution in [-0.2, 0) is 4.79 Å². The van der Waals surface area contributed by atoms with E-state index in [4.69, 9.17) is 10.5 Å². The van der Waals surface area contributed by atoms with Crippen LogP contribution in [-0.4, -0.2) is 5.52 Å². The fraction of sp³-hybridized carbons (Fsp3) is 0.250. The molecule has 40 valence electrons. The van der Waals surface area contributed by atoms with E-state index in [0.29, 0.717) is 0 Å². The largest absolute Gasteiger partial charge is 0.316 e. The Morgan fingerprint density at radius 3 is 2.38 bits per heavy atom. The first-order valence-electron chi connectivity index (χ1n) is 1.85. The first kappa shape index (κ1) is 7.08. The van der Waals surface area contributed by atoms with Gasteiger partial charge in [0.2, 0.25) is 7.92 Å². The van der Waals surface area contributed by atoms with Crippen LogP contribution in [0.25, 0.3) is 0 Å². The molecule has 8 heavy (non-hydrogen) atoms. The minimum absolute atomic E-state index is 0.266. The zero-order valence-corrected chi connectivity index (χ0v) is 5.20. The van der Waals surface area contributed by atoms with E-state index in [1.165, 1.54) is 6.92 Å². The Kier molecular flexibility index (Phi) is 2.77. The number of hydrogen-bond donors (Lipinski definition) is 1. The van der Waals surface area contributed by atoms with Gasteiger partial charge in [0.15, 0.2) is 5.52 Å². The Labute approximate surface area is 48.3 Å². The molecule has 0 aliphatic rings. The predicted octanol–water partition coefficient (Wildman–Crippen LogP) is -0.774. The number of hydrogen-bond acceptors (Lipinski definition) is 2. The quantitative estimate of drug-likeness (QED) is 0.470. The van der Waals surface area contributed by atoms with E-state index in [1.54, 1.807) is 5.81 Å². The first-order valence-corrected chi connectivity index (χ1v) is 3.19. The fourth-order valence-corrected chi connectivity index (χ4v) is 0.522. The smallest absolute Gasteiger partial charge is 0.292 e. The maximum Gasteiger partial charge on any atom is 0.316 e. The molecule has 0 saturated carbocycles. The molecule has 0 aromatic heterocycles. The third kappa shape index (κ3) is 1.69. The van der Waals surface area contributed by atoms with Crippen molar-refractivity contribution < 1.29 is 10.1 Å². The molecule has 0 rings (SSSR count). The molecule has 0 aromatic rings. The maximum absolute atomic E-state index is 10.2. The minimum atomic E-state index is -1.53. The summed E-state index contributed by atoms with van der Waals surface area (Å²) in [5.74, 6) is 3.52. The van der Waals surface area contributed by atoms with Gasteiger partial charge in [-0.05, 0) is 0 Å². The number of carbonyl (C=O) groups is 1. The van der Waals surface area contributed by atoms with Gasteiger partial charge in [-0.3, -0.25) is 4.79 Å². The highest BCUT2D eigenvalue weighted by Gasteiger charge is 2.14. The monoisotopic (exact) mass is 127 g/mol. The van der Waals surface area contributed by atoms with E-state index in [9.17, 15) is 4.79 Å². The normalized spacial score (nSPS) is 10.9. The van der Waals surface area contributed by atoms with Gasteiger partial charge < -0.3 is 0 Å². The van der Waals surface area contributed by atoms with Gasteiger partial charge in [0.25, 0.3) is 0 Å². The predicted molar refractivity (Wildman–Crippen MR) is 28.1 cm³/mol. The molecule has 0 radical (unpaired) electrons. The van der Waals surface area contributed by atoms with E-state index in [-0.39, 0.29) is 5.52 Å². The fourth-order valence-electron chi connectivity index (χ4n) is 0.174. The van der Waals surface area contributed by atoms with Crippen LogP contribution in [0.2, 0.25) is 0 Å².